The van der Waals surface area contributed by atoms with E-state index in [1.165, 1.54) is 25.7 Å². The van der Waals surface area contributed by atoms with Gasteiger partial charge in [0, 0.05) is 0 Å². The molecule has 1 heteroatoms. The average Bonchev–Trinajstić information content (AvgIpc) is 2.22. The molecule has 0 spiro atoms. The molecule has 0 unspecified atom stereocenters. The first-order valence-corrected chi connectivity index (χ1v) is 3.99. The summed E-state index contributed by atoms with van der Waals surface area (Å²) in [6.45, 7) is 3.30. The molecule has 1 aliphatic carbocycles. The van der Waals surface area contributed by atoms with Gasteiger partial charge in [-0.25, -0.2) is 0 Å². The molecule has 1 saturated carbocycles. The molecule has 2 saturated heterocycles. The summed E-state index contributed by atoms with van der Waals surface area (Å²) in [7, 11) is 0. The van der Waals surface area contributed by atoms with Gasteiger partial charge in [0.05, 0.1) is 12.2 Å². The van der Waals surface area contributed by atoms with Crippen LogP contribution in [0.15, 0.2) is 0 Å². The quantitative estimate of drug-likeness (QED) is 0.549. The zero-order valence-corrected chi connectivity index (χ0v) is 6.02. The molecule has 2 heterocycles. The van der Waals surface area contributed by atoms with Crippen molar-refractivity contribution in [3.8, 4) is 0 Å². The van der Waals surface area contributed by atoms with Gasteiger partial charge < -0.3 is 4.74 Å². The standard InChI is InChI=1S/C8H14O/c1-2-3-8-4-7(5-8)6-9-8/h7H,2-6H2,1H3. The Morgan fingerprint density at radius 3 is 2.78 bits per heavy atom. The van der Waals surface area contributed by atoms with Gasteiger partial charge in [0.1, 0.15) is 0 Å². The molecular formula is C8H14O. The highest BCUT2D eigenvalue weighted by molar-refractivity contribution is 5.00. The summed E-state index contributed by atoms with van der Waals surface area (Å²) < 4.78 is 5.65. The maximum Gasteiger partial charge on any atom is 0.0689 e. The fourth-order valence-electron chi connectivity index (χ4n) is 2.25. The first-order chi connectivity index (χ1) is 4.35. The molecule has 0 aromatic rings. The summed E-state index contributed by atoms with van der Waals surface area (Å²) in [5, 5.41) is 0. The predicted molar refractivity (Wildman–Crippen MR) is 36.3 cm³/mol. The Bertz CT molecular complexity index is 108. The Labute approximate surface area is 56.4 Å². The molecule has 0 radical (unpaired) electrons. The van der Waals surface area contributed by atoms with Crippen molar-refractivity contribution in [1.82, 2.24) is 0 Å². The number of rotatable bonds is 2. The number of hydrogen-bond acceptors (Lipinski definition) is 1. The van der Waals surface area contributed by atoms with Crippen LogP contribution in [0.5, 0.6) is 0 Å². The van der Waals surface area contributed by atoms with Crippen LogP contribution in [0.4, 0.5) is 0 Å². The van der Waals surface area contributed by atoms with Gasteiger partial charge in [0.2, 0.25) is 0 Å². The van der Waals surface area contributed by atoms with Crippen molar-refractivity contribution >= 4 is 0 Å². The van der Waals surface area contributed by atoms with E-state index in [0.29, 0.717) is 5.60 Å². The lowest BCUT2D eigenvalue weighted by Gasteiger charge is -2.35. The molecule has 2 aliphatic heterocycles. The molecule has 0 aromatic carbocycles. The second-order valence-corrected chi connectivity index (χ2v) is 3.52. The van der Waals surface area contributed by atoms with Crippen molar-refractivity contribution in [2.24, 2.45) is 5.92 Å². The third-order valence-electron chi connectivity index (χ3n) is 2.65. The van der Waals surface area contributed by atoms with Crippen molar-refractivity contribution in [3.05, 3.63) is 0 Å². The molecule has 3 aliphatic rings. The highest BCUT2D eigenvalue weighted by Gasteiger charge is 2.50. The summed E-state index contributed by atoms with van der Waals surface area (Å²) in [6.07, 6.45) is 5.30. The van der Waals surface area contributed by atoms with Crippen LogP contribution >= 0.6 is 0 Å². The molecule has 9 heavy (non-hydrogen) atoms. The summed E-state index contributed by atoms with van der Waals surface area (Å²) in [5.74, 6) is 0.941. The Kier molecular flexibility index (Phi) is 1.10. The van der Waals surface area contributed by atoms with Crippen LogP contribution in [-0.2, 0) is 4.74 Å². The Morgan fingerprint density at radius 1 is 1.56 bits per heavy atom. The van der Waals surface area contributed by atoms with Crippen LogP contribution in [0.3, 0.4) is 0 Å². The topological polar surface area (TPSA) is 9.23 Å². The van der Waals surface area contributed by atoms with E-state index < -0.39 is 0 Å². The summed E-state index contributed by atoms with van der Waals surface area (Å²) >= 11 is 0. The molecule has 0 atom stereocenters. The summed E-state index contributed by atoms with van der Waals surface area (Å²) in [4.78, 5) is 0. The second-order valence-electron chi connectivity index (χ2n) is 3.52. The Balaban J connectivity index is 1.95. The third kappa shape index (κ3) is 0.710. The lowest BCUT2D eigenvalue weighted by Crippen LogP contribution is -2.35. The Hall–Kier alpha value is -0.0400. The van der Waals surface area contributed by atoms with E-state index in [0.717, 1.165) is 12.5 Å². The lowest BCUT2D eigenvalue weighted by atomic mass is 9.72. The minimum absolute atomic E-state index is 0.388. The van der Waals surface area contributed by atoms with Gasteiger partial charge in [-0.3, -0.25) is 0 Å². The molecule has 0 N–H and O–H groups in total. The molecule has 3 rings (SSSR count). The fourth-order valence-corrected chi connectivity index (χ4v) is 2.25. The zero-order chi connectivity index (χ0) is 6.32. The van der Waals surface area contributed by atoms with Crippen LogP contribution in [0.2, 0.25) is 0 Å². The minimum atomic E-state index is 0.388. The molecule has 2 bridgehead atoms. The van der Waals surface area contributed by atoms with E-state index in [9.17, 15) is 0 Å². The van der Waals surface area contributed by atoms with E-state index >= 15 is 0 Å². The monoisotopic (exact) mass is 126 g/mol. The molecule has 0 aromatic heterocycles. The van der Waals surface area contributed by atoms with Crippen molar-refractivity contribution < 1.29 is 4.74 Å². The molecule has 52 valence electrons. The smallest absolute Gasteiger partial charge is 0.0689 e. The SMILES string of the molecule is CCCC12CC(CO1)C2. The van der Waals surface area contributed by atoms with E-state index in [4.69, 9.17) is 4.74 Å². The van der Waals surface area contributed by atoms with Crippen LogP contribution in [0, 0.1) is 5.92 Å². The fraction of sp³-hybridized carbons (Fsp3) is 1.00. The highest BCUT2D eigenvalue weighted by Crippen LogP contribution is 2.50. The van der Waals surface area contributed by atoms with Gasteiger partial charge in [-0.05, 0) is 25.2 Å². The van der Waals surface area contributed by atoms with Crippen molar-refractivity contribution in [3.63, 3.8) is 0 Å². The van der Waals surface area contributed by atoms with Crippen molar-refractivity contribution in [2.45, 2.75) is 38.2 Å². The van der Waals surface area contributed by atoms with E-state index in [1.54, 1.807) is 0 Å². The zero-order valence-electron chi connectivity index (χ0n) is 6.02. The second kappa shape index (κ2) is 1.72. The minimum Gasteiger partial charge on any atom is -0.375 e. The van der Waals surface area contributed by atoms with Crippen LogP contribution in [-0.4, -0.2) is 12.2 Å². The predicted octanol–water partition coefficient (Wildman–Crippen LogP) is 1.97. The summed E-state index contributed by atoms with van der Waals surface area (Å²) in [6, 6.07) is 0. The normalized spacial score (nSPS) is 47.0. The van der Waals surface area contributed by atoms with Gasteiger partial charge in [-0.1, -0.05) is 13.3 Å². The van der Waals surface area contributed by atoms with E-state index in [2.05, 4.69) is 6.92 Å². The molecule has 1 nitrogen and oxygen atoms in total. The van der Waals surface area contributed by atoms with E-state index in [1.807, 2.05) is 0 Å². The van der Waals surface area contributed by atoms with Gasteiger partial charge in [0.15, 0.2) is 0 Å². The van der Waals surface area contributed by atoms with E-state index in [-0.39, 0.29) is 0 Å². The number of hydrogen-bond donors (Lipinski definition) is 0. The van der Waals surface area contributed by atoms with Crippen LogP contribution in [0.25, 0.3) is 0 Å². The van der Waals surface area contributed by atoms with Crippen LogP contribution in [0.1, 0.15) is 32.6 Å². The number of ether oxygens (including phenoxy) is 1. The Morgan fingerprint density at radius 2 is 2.33 bits per heavy atom. The molecule has 3 fully saturated rings. The van der Waals surface area contributed by atoms with Gasteiger partial charge >= 0.3 is 0 Å². The van der Waals surface area contributed by atoms with Crippen molar-refractivity contribution in [2.75, 3.05) is 6.61 Å². The first-order valence-electron chi connectivity index (χ1n) is 3.99. The largest absolute Gasteiger partial charge is 0.375 e. The molecular weight excluding hydrogens is 112 g/mol. The van der Waals surface area contributed by atoms with Gasteiger partial charge in [-0.2, -0.15) is 0 Å². The average molecular weight is 126 g/mol. The highest BCUT2D eigenvalue weighted by atomic mass is 16.5. The van der Waals surface area contributed by atoms with Crippen molar-refractivity contribution in [1.29, 1.82) is 0 Å². The number of fused-ring (bicyclic) bond motifs is 1. The van der Waals surface area contributed by atoms with Crippen LogP contribution < -0.4 is 0 Å². The van der Waals surface area contributed by atoms with Gasteiger partial charge in [0.25, 0.3) is 0 Å². The van der Waals surface area contributed by atoms with Gasteiger partial charge in [-0.15, -0.1) is 0 Å². The third-order valence-corrected chi connectivity index (χ3v) is 2.65. The maximum absolute atomic E-state index is 5.65. The lowest BCUT2D eigenvalue weighted by molar-refractivity contribution is -0.00639. The molecule has 0 amide bonds. The maximum atomic E-state index is 5.65. The summed E-state index contributed by atoms with van der Waals surface area (Å²) in [5.41, 5.74) is 0.388. The first kappa shape index (κ1) is 5.72.